The molecular formula is C19H20F3N5O2. The van der Waals surface area contributed by atoms with Gasteiger partial charge in [0, 0.05) is 37.4 Å². The third-order valence-electron chi connectivity index (χ3n) is 4.04. The molecule has 0 aliphatic rings. The second kappa shape index (κ2) is 8.63. The number of nitrogens with two attached hydrogens (primary N) is 2. The molecule has 0 fully saturated rings. The molecule has 0 aliphatic carbocycles. The number of alkyl halides is 3. The van der Waals surface area contributed by atoms with E-state index in [1.54, 1.807) is 0 Å². The number of nitrogens with zero attached hydrogens (tertiary/aromatic N) is 2. The van der Waals surface area contributed by atoms with Crippen molar-refractivity contribution in [1.82, 2.24) is 9.88 Å². The summed E-state index contributed by atoms with van der Waals surface area (Å²) in [6.07, 6.45) is -0.790. The van der Waals surface area contributed by atoms with Crippen molar-refractivity contribution in [2.24, 2.45) is 10.7 Å². The lowest BCUT2D eigenvalue weighted by atomic mass is 10.0. The van der Waals surface area contributed by atoms with Crippen molar-refractivity contribution >= 4 is 23.5 Å². The third kappa shape index (κ3) is 5.24. The first-order valence-corrected chi connectivity index (χ1v) is 8.42. The zero-order valence-corrected chi connectivity index (χ0v) is 15.7. The zero-order valence-electron chi connectivity index (χ0n) is 15.7. The van der Waals surface area contributed by atoms with Gasteiger partial charge in [0.25, 0.3) is 11.5 Å². The Kier molecular flexibility index (Phi) is 6.47. The van der Waals surface area contributed by atoms with Gasteiger partial charge in [0.15, 0.2) is 0 Å². The topological polar surface area (TPSA) is 116 Å². The molecule has 0 bridgehead atoms. The number of carbonyl (C=O) groups is 1. The van der Waals surface area contributed by atoms with Crippen LogP contribution in [0.4, 0.5) is 18.9 Å². The predicted octanol–water partition coefficient (Wildman–Crippen LogP) is 2.40. The number of carbonyl (C=O) groups excluding carboxylic acids is 1. The van der Waals surface area contributed by atoms with Crippen molar-refractivity contribution in [2.75, 3.05) is 12.8 Å². The molecule has 1 heterocycles. The molecule has 5 N–H and O–H groups in total. The van der Waals surface area contributed by atoms with Crippen LogP contribution in [0.1, 0.15) is 34.5 Å². The van der Waals surface area contributed by atoms with Crippen LogP contribution in [0.25, 0.3) is 5.70 Å². The summed E-state index contributed by atoms with van der Waals surface area (Å²) in [5.74, 6) is -0.591. The van der Waals surface area contributed by atoms with Crippen LogP contribution in [0.15, 0.2) is 52.5 Å². The number of anilines is 1. The molecule has 0 spiro atoms. The third-order valence-corrected chi connectivity index (χ3v) is 4.04. The van der Waals surface area contributed by atoms with Gasteiger partial charge >= 0.3 is 6.18 Å². The van der Waals surface area contributed by atoms with Crippen LogP contribution in [-0.2, 0) is 6.18 Å². The molecule has 0 saturated carbocycles. The molecule has 2 aromatic rings. The number of aliphatic imine (C=N–C) groups is 1. The molecule has 7 nitrogen and oxygen atoms in total. The van der Waals surface area contributed by atoms with Gasteiger partial charge in [0.1, 0.15) is 0 Å². The summed E-state index contributed by atoms with van der Waals surface area (Å²) in [4.78, 5) is 28.4. The summed E-state index contributed by atoms with van der Waals surface area (Å²) >= 11 is 0. The zero-order chi connectivity index (χ0) is 21.8. The standard InChI is InChI=1S/C19H20F3N5O2/c1-11(13-5-14(19(20,21)22)7-15(24)6-13)26-18(29)12-3-4-17(28)27(10-12)16(8-23)9-25-2/h3-11H,23-24H2,1-2H3,(H,26,29)/t11-/m1/s1. The molecular weight excluding hydrogens is 387 g/mol. The van der Waals surface area contributed by atoms with Crippen molar-refractivity contribution in [3.05, 3.63) is 69.8 Å². The maximum absolute atomic E-state index is 13.0. The Labute approximate surface area is 164 Å². The van der Waals surface area contributed by atoms with Gasteiger partial charge in [-0.25, -0.2) is 0 Å². The van der Waals surface area contributed by atoms with E-state index in [9.17, 15) is 22.8 Å². The highest BCUT2D eigenvalue weighted by molar-refractivity contribution is 6.02. The Bertz CT molecular complexity index is 1030. The number of allylic oxidation sites excluding steroid dienone is 1. The Morgan fingerprint density at radius 1 is 1.28 bits per heavy atom. The van der Waals surface area contributed by atoms with Crippen molar-refractivity contribution in [2.45, 2.75) is 19.1 Å². The number of amides is 1. The van der Waals surface area contributed by atoms with Crippen molar-refractivity contribution in [3.63, 3.8) is 0 Å². The summed E-state index contributed by atoms with van der Waals surface area (Å²) in [6.45, 7) is 1.53. The van der Waals surface area contributed by atoms with Gasteiger partial charge in [-0.05, 0) is 36.8 Å². The van der Waals surface area contributed by atoms with E-state index in [1.807, 2.05) is 0 Å². The van der Waals surface area contributed by atoms with Crippen molar-refractivity contribution in [1.29, 1.82) is 0 Å². The Balaban J connectivity index is 2.31. The van der Waals surface area contributed by atoms with Crippen LogP contribution < -0.4 is 22.3 Å². The minimum absolute atomic E-state index is 0.0685. The van der Waals surface area contributed by atoms with Gasteiger partial charge in [-0.1, -0.05) is 0 Å². The largest absolute Gasteiger partial charge is 0.416 e. The van der Waals surface area contributed by atoms with Crippen LogP contribution in [0.3, 0.4) is 0 Å². The molecule has 0 saturated heterocycles. The average Bonchev–Trinajstić information content (AvgIpc) is 2.65. The van der Waals surface area contributed by atoms with Crippen LogP contribution in [-0.4, -0.2) is 23.7 Å². The van der Waals surface area contributed by atoms with Crippen molar-refractivity contribution < 1.29 is 18.0 Å². The SMILES string of the molecule is CN=CC(=CN)n1cc(C(=O)N[C@H](C)c2cc(N)cc(C(F)(F)F)c2)ccc1=O. The number of nitrogen functional groups attached to an aromatic ring is 1. The van der Waals surface area contributed by atoms with Gasteiger partial charge in [0.2, 0.25) is 0 Å². The number of pyridine rings is 1. The van der Waals surface area contributed by atoms with E-state index in [2.05, 4.69) is 10.3 Å². The number of hydrogen-bond donors (Lipinski definition) is 3. The normalized spacial score (nSPS) is 13.5. The molecule has 10 heteroatoms. The minimum atomic E-state index is -4.56. The number of nitrogens with one attached hydrogen (secondary N) is 1. The molecule has 154 valence electrons. The lowest BCUT2D eigenvalue weighted by Gasteiger charge is -2.17. The van der Waals surface area contributed by atoms with E-state index in [1.165, 1.54) is 44.6 Å². The highest BCUT2D eigenvalue weighted by Gasteiger charge is 2.31. The maximum atomic E-state index is 13.0. The van der Waals surface area contributed by atoms with E-state index in [4.69, 9.17) is 11.5 Å². The predicted molar refractivity (Wildman–Crippen MR) is 105 cm³/mol. The van der Waals surface area contributed by atoms with E-state index in [0.29, 0.717) is 0 Å². The van der Waals surface area contributed by atoms with Crippen LogP contribution in [0.5, 0.6) is 0 Å². The highest BCUT2D eigenvalue weighted by Crippen LogP contribution is 2.32. The summed E-state index contributed by atoms with van der Waals surface area (Å²) < 4.78 is 40.1. The first-order valence-electron chi connectivity index (χ1n) is 8.42. The second-order valence-electron chi connectivity index (χ2n) is 6.19. The van der Waals surface area contributed by atoms with E-state index < -0.39 is 29.2 Å². The Morgan fingerprint density at radius 3 is 2.55 bits per heavy atom. The molecule has 1 amide bonds. The molecule has 0 radical (unpaired) electrons. The van der Waals surface area contributed by atoms with Gasteiger partial charge in [-0.15, -0.1) is 0 Å². The first-order chi connectivity index (χ1) is 13.6. The summed E-state index contributed by atoms with van der Waals surface area (Å²) in [5, 5.41) is 2.59. The number of rotatable bonds is 5. The van der Waals surface area contributed by atoms with Crippen LogP contribution >= 0.6 is 0 Å². The van der Waals surface area contributed by atoms with Crippen molar-refractivity contribution in [3.8, 4) is 0 Å². The molecule has 2 rings (SSSR count). The molecule has 0 unspecified atom stereocenters. The number of aromatic nitrogens is 1. The number of hydrogen-bond acceptors (Lipinski definition) is 5. The van der Waals surface area contributed by atoms with E-state index in [-0.39, 0.29) is 22.5 Å². The smallest absolute Gasteiger partial charge is 0.403 e. The fourth-order valence-electron chi connectivity index (χ4n) is 2.59. The summed E-state index contributed by atoms with van der Waals surface area (Å²) in [6, 6.07) is 4.81. The van der Waals surface area contributed by atoms with Gasteiger partial charge in [-0.3, -0.25) is 19.1 Å². The van der Waals surface area contributed by atoms with Gasteiger partial charge < -0.3 is 16.8 Å². The highest BCUT2D eigenvalue weighted by atomic mass is 19.4. The summed E-state index contributed by atoms with van der Waals surface area (Å²) in [7, 11) is 1.49. The van der Waals surface area contributed by atoms with E-state index in [0.717, 1.165) is 22.9 Å². The molecule has 29 heavy (non-hydrogen) atoms. The number of benzene rings is 1. The summed E-state index contributed by atoms with van der Waals surface area (Å²) in [5.41, 5.74) is 10.2. The molecule has 1 atom stereocenters. The molecule has 0 aliphatic heterocycles. The fraction of sp³-hybridized carbons (Fsp3) is 0.211. The lowest BCUT2D eigenvalue weighted by Crippen LogP contribution is -2.29. The Morgan fingerprint density at radius 2 is 1.97 bits per heavy atom. The second-order valence-corrected chi connectivity index (χ2v) is 6.19. The minimum Gasteiger partial charge on any atom is -0.403 e. The Hall–Kier alpha value is -3.56. The fourth-order valence-corrected chi connectivity index (χ4v) is 2.59. The lowest BCUT2D eigenvalue weighted by molar-refractivity contribution is -0.137. The first kappa shape index (κ1) is 21.7. The van der Waals surface area contributed by atoms with Crippen LogP contribution in [0.2, 0.25) is 0 Å². The average molecular weight is 407 g/mol. The van der Waals surface area contributed by atoms with Crippen LogP contribution in [0, 0.1) is 0 Å². The van der Waals surface area contributed by atoms with E-state index >= 15 is 0 Å². The maximum Gasteiger partial charge on any atom is 0.416 e. The molecule has 1 aromatic heterocycles. The molecule has 1 aromatic carbocycles. The quantitative estimate of drug-likeness (QED) is 0.521. The number of halogens is 3. The van der Waals surface area contributed by atoms with Gasteiger partial charge in [-0.2, -0.15) is 13.2 Å². The monoisotopic (exact) mass is 407 g/mol. The van der Waals surface area contributed by atoms with Gasteiger partial charge in [0.05, 0.1) is 22.9 Å².